The van der Waals surface area contributed by atoms with Crippen molar-refractivity contribution in [3.63, 3.8) is 0 Å². The molecule has 0 saturated carbocycles. The van der Waals surface area contributed by atoms with Crippen LogP contribution < -0.4 is 5.32 Å². The van der Waals surface area contributed by atoms with Gasteiger partial charge < -0.3 is 10.1 Å². The van der Waals surface area contributed by atoms with E-state index in [1.165, 1.54) is 0 Å². The standard InChI is InChI=1S/C13H24N2O2/c1-4-5-13(2,3)11-8-15-6-7-17-9-10(15)12(16)14-11/h10-11H,4-9H2,1-3H3,(H,14,16). The summed E-state index contributed by atoms with van der Waals surface area (Å²) in [7, 11) is 0. The maximum Gasteiger partial charge on any atom is 0.240 e. The molecule has 4 heteroatoms. The van der Waals surface area contributed by atoms with E-state index >= 15 is 0 Å². The Labute approximate surface area is 104 Å². The largest absolute Gasteiger partial charge is 0.378 e. The fraction of sp³-hybridized carbons (Fsp3) is 0.923. The minimum Gasteiger partial charge on any atom is -0.378 e. The molecule has 0 aromatic carbocycles. The van der Waals surface area contributed by atoms with Crippen molar-refractivity contribution in [3.8, 4) is 0 Å². The first-order chi connectivity index (χ1) is 8.04. The molecule has 1 amide bonds. The topological polar surface area (TPSA) is 41.6 Å². The molecule has 2 saturated heterocycles. The maximum absolute atomic E-state index is 12.1. The summed E-state index contributed by atoms with van der Waals surface area (Å²) in [5, 5.41) is 3.18. The van der Waals surface area contributed by atoms with Crippen molar-refractivity contribution < 1.29 is 9.53 Å². The molecule has 1 N–H and O–H groups in total. The molecule has 2 aliphatic heterocycles. The minimum atomic E-state index is -0.0579. The third kappa shape index (κ3) is 2.63. The zero-order chi connectivity index (χ0) is 12.5. The van der Waals surface area contributed by atoms with E-state index < -0.39 is 0 Å². The highest BCUT2D eigenvalue weighted by molar-refractivity contribution is 5.83. The van der Waals surface area contributed by atoms with Gasteiger partial charge in [-0.3, -0.25) is 9.69 Å². The Morgan fingerprint density at radius 2 is 2.29 bits per heavy atom. The van der Waals surface area contributed by atoms with Gasteiger partial charge >= 0.3 is 0 Å². The van der Waals surface area contributed by atoms with Gasteiger partial charge in [0.15, 0.2) is 0 Å². The second-order valence-electron chi connectivity index (χ2n) is 5.89. The number of ether oxygens (including phenoxy) is 1. The lowest BCUT2D eigenvalue weighted by Crippen LogP contribution is -2.66. The van der Waals surface area contributed by atoms with Crippen molar-refractivity contribution in [2.45, 2.75) is 45.7 Å². The van der Waals surface area contributed by atoms with E-state index in [2.05, 4.69) is 31.0 Å². The molecule has 0 radical (unpaired) electrons. The van der Waals surface area contributed by atoms with E-state index in [0.29, 0.717) is 6.61 Å². The highest BCUT2D eigenvalue weighted by Gasteiger charge is 2.41. The Morgan fingerprint density at radius 3 is 3.00 bits per heavy atom. The third-order valence-electron chi connectivity index (χ3n) is 4.11. The summed E-state index contributed by atoms with van der Waals surface area (Å²) in [6.45, 7) is 9.86. The number of fused-ring (bicyclic) bond motifs is 1. The van der Waals surface area contributed by atoms with Gasteiger partial charge in [-0.2, -0.15) is 0 Å². The zero-order valence-electron chi connectivity index (χ0n) is 11.2. The first kappa shape index (κ1) is 12.8. The van der Waals surface area contributed by atoms with E-state index in [1.54, 1.807) is 0 Å². The number of nitrogens with zero attached hydrogens (tertiary/aromatic N) is 1. The van der Waals surface area contributed by atoms with Crippen LogP contribution in [0.4, 0.5) is 0 Å². The quantitative estimate of drug-likeness (QED) is 0.800. The van der Waals surface area contributed by atoms with Gasteiger partial charge in [0, 0.05) is 19.1 Å². The molecule has 98 valence electrons. The smallest absolute Gasteiger partial charge is 0.240 e. The number of carbonyl (C=O) groups excluding carboxylic acids is 1. The Balaban J connectivity index is 2.05. The van der Waals surface area contributed by atoms with Crippen LogP contribution >= 0.6 is 0 Å². The van der Waals surface area contributed by atoms with Gasteiger partial charge in [0.1, 0.15) is 6.04 Å². The van der Waals surface area contributed by atoms with Crippen molar-refractivity contribution >= 4 is 5.91 Å². The molecule has 2 atom stereocenters. The van der Waals surface area contributed by atoms with Crippen LogP contribution in [0, 0.1) is 5.41 Å². The van der Waals surface area contributed by atoms with Gasteiger partial charge in [-0.05, 0) is 11.8 Å². The summed E-state index contributed by atoms with van der Waals surface area (Å²) in [6, 6.07) is 0.210. The van der Waals surface area contributed by atoms with Gasteiger partial charge in [-0.25, -0.2) is 0 Å². The lowest BCUT2D eigenvalue weighted by molar-refractivity contribution is -0.140. The van der Waals surface area contributed by atoms with E-state index in [9.17, 15) is 4.79 Å². The molecule has 0 aromatic rings. The molecule has 2 rings (SSSR count). The van der Waals surface area contributed by atoms with Crippen LogP contribution in [-0.2, 0) is 9.53 Å². The van der Waals surface area contributed by atoms with Crippen molar-refractivity contribution in [3.05, 3.63) is 0 Å². The highest BCUT2D eigenvalue weighted by atomic mass is 16.5. The van der Waals surface area contributed by atoms with Crippen molar-refractivity contribution in [1.29, 1.82) is 0 Å². The van der Waals surface area contributed by atoms with Crippen LogP contribution in [-0.4, -0.2) is 49.2 Å². The number of carbonyl (C=O) groups is 1. The molecule has 2 heterocycles. The number of piperazine rings is 1. The number of morpholine rings is 1. The monoisotopic (exact) mass is 240 g/mol. The predicted molar refractivity (Wildman–Crippen MR) is 66.8 cm³/mol. The predicted octanol–water partition coefficient (Wildman–Crippen LogP) is 1.01. The first-order valence-electron chi connectivity index (χ1n) is 6.67. The summed E-state index contributed by atoms with van der Waals surface area (Å²) in [6.07, 6.45) is 2.30. The Hall–Kier alpha value is -0.610. The minimum absolute atomic E-state index is 0.0579. The van der Waals surface area contributed by atoms with E-state index in [4.69, 9.17) is 4.74 Å². The average molecular weight is 240 g/mol. The SMILES string of the molecule is CCCC(C)(C)C1CN2CCOCC2C(=O)N1. The number of rotatable bonds is 3. The number of nitrogens with one attached hydrogen (secondary N) is 1. The summed E-state index contributed by atoms with van der Waals surface area (Å²) in [5.41, 5.74) is 0.174. The van der Waals surface area contributed by atoms with Crippen LogP contribution in [0.15, 0.2) is 0 Å². The Morgan fingerprint density at radius 1 is 1.53 bits per heavy atom. The van der Waals surface area contributed by atoms with Crippen molar-refractivity contribution in [2.24, 2.45) is 5.41 Å². The van der Waals surface area contributed by atoms with Gasteiger partial charge in [-0.1, -0.05) is 27.2 Å². The number of hydrogen-bond donors (Lipinski definition) is 1. The number of amides is 1. The molecule has 0 bridgehead atoms. The lowest BCUT2D eigenvalue weighted by atomic mass is 9.78. The Bertz CT molecular complexity index is 291. The molecular formula is C13H24N2O2. The van der Waals surface area contributed by atoms with E-state index in [1.807, 2.05) is 0 Å². The van der Waals surface area contributed by atoms with Crippen LogP contribution in [0.25, 0.3) is 0 Å². The van der Waals surface area contributed by atoms with E-state index in [-0.39, 0.29) is 23.4 Å². The molecular weight excluding hydrogens is 216 g/mol. The van der Waals surface area contributed by atoms with Gasteiger partial charge in [0.05, 0.1) is 13.2 Å². The molecule has 2 aliphatic rings. The Kier molecular flexibility index (Phi) is 3.73. The van der Waals surface area contributed by atoms with Gasteiger partial charge in [0.2, 0.25) is 5.91 Å². The lowest BCUT2D eigenvalue weighted by Gasteiger charge is -2.46. The maximum atomic E-state index is 12.1. The average Bonchev–Trinajstić information content (AvgIpc) is 2.29. The zero-order valence-corrected chi connectivity index (χ0v) is 11.2. The highest BCUT2D eigenvalue weighted by Crippen LogP contribution is 2.30. The molecule has 0 spiro atoms. The van der Waals surface area contributed by atoms with Crippen LogP contribution in [0.1, 0.15) is 33.6 Å². The van der Waals surface area contributed by atoms with Crippen LogP contribution in [0.5, 0.6) is 0 Å². The second-order valence-corrected chi connectivity index (χ2v) is 5.89. The first-order valence-corrected chi connectivity index (χ1v) is 6.67. The van der Waals surface area contributed by atoms with Crippen molar-refractivity contribution in [2.75, 3.05) is 26.3 Å². The van der Waals surface area contributed by atoms with Crippen molar-refractivity contribution in [1.82, 2.24) is 10.2 Å². The summed E-state index contributed by atoms with van der Waals surface area (Å²) in [5.74, 6) is 0.144. The third-order valence-corrected chi connectivity index (χ3v) is 4.11. The molecule has 4 nitrogen and oxygen atoms in total. The number of hydrogen-bond acceptors (Lipinski definition) is 3. The molecule has 2 unspecified atom stereocenters. The van der Waals surface area contributed by atoms with E-state index in [0.717, 1.165) is 32.5 Å². The molecule has 0 aromatic heterocycles. The fourth-order valence-corrected chi connectivity index (χ4v) is 2.91. The summed E-state index contributed by atoms with van der Waals surface area (Å²) >= 11 is 0. The summed E-state index contributed by atoms with van der Waals surface area (Å²) < 4.78 is 5.38. The second kappa shape index (κ2) is 4.94. The molecule has 0 aliphatic carbocycles. The fourth-order valence-electron chi connectivity index (χ4n) is 2.91. The van der Waals surface area contributed by atoms with Crippen LogP contribution in [0.2, 0.25) is 0 Å². The normalized spacial score (nSPS) is 30.9. The van der Waals surface area contributed by atoms with Gasteiger partial charge in [0.25, 0.3) is 0 Å². The molecule has 17 heavy (non-hydrogen) atoms. The van der Waals surface area contributed by atoms with Crippen LogP contribution in [0.3, 0.4) is 0 Å². The summed E-state index contributed by atoms with van der Waals surface area (Å²) in [4.78, 5) is 14.3. The van der Waals surface area contributed by atoms with Gasteiger partial charge in [-0.15, -0.1) is 0 Å². The molecule has 2 fully saturated rings.